The molecule has 0 bridgehead atoms. The maximum atomic E-state index is 14.9. The summed E-state index contributed by atoms with van der Waals surface area (Å²) >= 11 is 0. The van der Waals surface area contributed by atoms with E-state index in [4.69, 9.17) is 9.05 Å². The summed E-state index contributed by atoms with van der Waals surface area (Å²) in [6.07, 6.45) is 1.23. The first kappa shape index (κ1) is 21.9. The standard InChI is InChI=1S/C31H27O3P/c1-3-31(2,21-22-11-5-4-6-12-22)35(32)33-27-19-17-23-13-7-9-15-25(23)29(27)30-26-16-10-8-14-24(26)18-20-28(30)34-35/h4-20H,3,21H2,1-2H3. The fourth-order valence-electron chi connectivity index (χ4n) is 5.12. The molecule has 0 aliphatic carbocycles. The van der Waals surface area contributed by atoms with E-state index in [1.165, 1.54) is 0 Å². The van der Waals surface area contributed by atoms with Crippen molar-refractivity contribution < 1.29 is 13.6 Å². The van der Waals surface area contributed by atoms with Gasteiger partial charge in [0.15, 0.2) is 0 Å². The lowest BCUT2D eigenvalue weighted by atomic mass is 9.92. The van der Waals surface area contributed by atoms with Gasteiger partial charge < -0.3 is 9.05 Å². The van der Waals surface area contributed by atoms with Gasteiger partial charge in [-0.25, -0.2) is 4.57 Å². The molecule has 6 rings (SSSR count). The van der Waals surface area contributed by atoms with Crippen LogP contribution in [0.1, 0.15) is 25.8 Å². The van der Waals surface area contributed by atoms with Crippen molar-refractivity contribution in [2.45, 2.75) is 31.8 Å². The maximum Gasteiger partial charge on any atom is 0.436 e. The molecule has 0 saturated carbocycles. The molecule has 1 unspecified atom stereocenters. The second-order valence-corrected chi connectivity index (χ2v) is 12.0. The Morgan fingerprint density at radius 2 is 1.14 bits per heavy atom. The fraction of sp³-hybridized carbons (Fsp3) is 0.161. The molecule has 0 radical (unpaired) electrons. The van der Waals surface area contributed by atoms with Gasteiger partial charge in [0.25, 0.3) is 0 Å². The highest BCUT2D eigenvalue weighted by molar-refractivity contribution is 7.56. The second kappa shape index (κ2) is 8.29. The van der Waals surface area contributed by atoms with Crippen LogP contribution in [0, 0.1) is 0 Å². The summed E-state index contributed by atoms with van der Waals surface area (Å²) in [6, 6.07) is 34.7. The third kappa shape index (κ3) is 3.54. The molecule has 1 heterocycles. The Hall–Kier alpha value is -3.55. The van der Waals surface area contributed by atoms with Crippen LogP contribution in [-0.4, -0.2) is 5.16 Å². The second-order valence-electron chi connectivity index (χ2n) is 9.51. The Morgan fingerprint density at radius 3 is 1.66 bits per heavy atom. The van der Waals surface area contributed by atoms with Crippen molar-refractivity contribution in [1.29, 1.82) is 0 Å². The van der Waals surface area contributed by atoms with Gasteiger partial charge in [0.05, 0.1) is 5.16 Å². The number of hydrogen-bond donors (Lipinski definition) is 0. The van der Waals surface area contributed by atoms with Crippen molar-refractivity contribution in [1.82, 2.24) is 0 Å². The van der Waals surface area contributed by atoms with E-state index >= 15 is 0 Å². The van der Waals surface area contributed by atoms with Gasteiger partial charge in [-0.05, 0) is 59.0 Å². The number of hydrogen-bond acceptors (Lipinski definition) is 3. The van der Waals surface area contributed by atoms with Gasteiger partial charge in [-0.2, -0.15) is 0 Å². The fourth-order valence-corrected chi connectivity index (χ4v) is 7.18. The average molecular weight is 479 g/mol. The van der Waals surface area contributed by atoms with Gasteiger partial charge >= 0.3 is 7.60 Å². The lowest BCUT2D eigenvalue weighted by molar-refractivity contribution is 0.342. The molecule has 0 saturated heterocycles. The third-order valence-corrected chi connectivity index (χ3v) is 9.99. The molecule has 0 amide bonds. The zero-order valence-corrected chi connectivity index (χ0v) is 20.8. The van der Waals surface area contributed by atoms with Gasteiger partial charge in [0.2, 0.25) is 0 Å². The van der Waals surface area contributed by atoms with E-state index in [0.717, 1.165) is 38.2 Å². The van der Waals surface area contributed by atoms with E-state index in [9.17, 15) is 4.57 Å². The van der Waals surface area contributed by atoms with Crippen molar-refractivity contribution in [3.05, 3.63) is 109 Å². The van der Waals surface area contributed by atoms with E-state index < -0.39 is 12.8 Å². The van der Waals surface area contributed by atoms with Crippen molar-refractivity contribution in [3.63, 3.8) is 0 Å². The lowest BCUT2D eigenvalue weighted by Crippen LogP contribution is -2.31. The summed E-state index contributed by atoms with van der Waals surface area (Å²) in [5.74, 6) is 1.21. The van der Waals surface area contributed by atoms with E-state index in [2.05, 4.69) is 43.3 Å². The Balaban J connectivity index is 1.64. The van der Waals surface area contributed by atoms with Gasteiger partial charge in [-0.3, -0.25) is 0 Å². The number of fused-ring (bicyclic) bond motifs is 7. The summed E-state index contributed by atoms with van der Waals surface area (Å²) < 4.78 is 28.0. The molecule has 174 valence electrons. The van der Waals surface area contributed by atoms with Gasteiger partial charge in [-0.1, -0.05) is 97.9 Å². The SMILES string of the molecule is CCC(C)(Cc1ccccc1)P1(=O)Oc2ccc3ccccc3c2-c2c(ccc3ccccc23)O1. The maximum absolute atomic E-state index is 14.9. The highest BCUT2D eigenvalue weighted by atomic mass is 31.2. The highest BCUT2D eigenvalue weighted by Crippen LogP contribution is 2.66. The molecule has 5 aromatic carbocycles. The normalized spacial score (nSPS) is 15.8. The highest BCUT2D eigenvalue weighted by Gasteiger charge is 2.51. The molecular formula is C31H27O3P. The summed E-state index contributed by atoms with van der Waals surface area (Å²) in [6.45, 7) is 4.08. The van der Waals surface area contributed by atoms with Crippen LogP contribution in [-0.2, 0) is 11.0 Å². The van der Waals surface area contributed by atoms with Crippen LogP contribution in [0.5, 0.6) is 11.5 Å². The van der Waals surface area contributed by atoms with Crippen LogP contribution in [0.3, 0.4) is 0 Å². The molecular weight excluding hydrogens is 451 g/mol. The average Bonchev–Trinajstić information content (AvgIpc) is 3.03. The summed E-state index contributed by atoms with van der Waals surface area (Å²) in [5, 5.41) is 3.60. The van der Waals surface area contributed by atoms with Gasteiger partial charge in [0.1, 0.15) is 11.5 Å². The van der Waals surface area contributed by atoms with Crippen LogP contribution in [0.2, 0.25) is 0 Å². The first-order valence-corrected chi connectivity index (χ1v) is 13.6. The molecule has 1 aliphatic heterocycles. The predicted molar refractivity (Wildman–Crippen MR) is 145 cm³/mol. The predicted octanol–water partition coefficient (Wildman–Crippen LogP) is 9.04. The first-order chi connectivity index (χ1) is 17.0. The van der Waals surface area contributed by atoms with Crippen LogP contribution in [0.4, 0.5) is 0 Å². The monoisotopic (exact) mass is 478 g/mol. The summed E-state index contributed by atoms with van der Waals surface area (Å²) in [5.41, 5.74) is 2.98. The van der Waals surface area contributed by atoms with E-state index in [-0.39, 0.29) is 0 Å². The van der Waals surface area contributed by atoms with Crippen LogP contribution < -0.4 is 9.05 Å². The number of rotatable bonds is 4. The van der Waals surface area contributed by atoms with Crippen LogP contribution in [0.25, 0.3) is 32.7 Å². The Labute approximate surface area is 205 Å². The van der Waals surface area contributed by atoms with Crippen molar-refractivity contribution in [3.8, 4) is 22.6 Å². The molecule has 5 aromatic rings. The topological polar surface area (TPSA) is 35.5 Å². The minimum atomic E-state index is -3.66. The molecule has 1 aliphatic rings. The van der Waals surface area contributed by atoms with E-state index in [1.54, 1.807) is 0 Å². The smallest absolute Gasteiger partial charge is 0.415 e. The largest absolute Gasteiger partial charge is 0.436 e. The zero-order valence-electron chi connectivity index (χ0n) is 19.9. The molecule has 35 heavy (non-hydrogen) atoms. The molecule has 3 nitrogen and oxygen atoms in total. The van der Waals surface area contributed by atoms with Gasteiger partial charge in [0, 0.05) is 11.1 Å². The molecule has 0 fully saturated rings. The van der Waals surface area contributed by atoms with Gasteiger partial charge in [-0.15, -0.1) is 0 Å². The molecule has 1 atom stereocenters. The number of benzene rings is 5. The lowest BCUT2D eigenvalue weighted by Gasteiger charge is -2.35. The Morgan fingerprint density at radius 1 is 0.657 bits per heavy atom. The zero-order chi connectivity index (χ0) is 24.0. The minimum absolute atomic E-state index is 0.591. The Bertz CT molecular complexity index is 1520. The quantitative estimate of drug-likeness (QED) is 0.242. The van der Waals surface area contributed by atoms with Crippen molar-refractivity contribution in [2.24, 2.45) is 0 Å². The van der Waals surface area contributed by atoms with Crippen LogP contribution in [0.15, 0.2) is 103 Å². The molecule has 0 spiro atoms. The summed E-state index contributed by atoms with van der Waals surface area (Å²) in [7, 11) is -3.66. The minimum Gasteiger partial charge on any atom is -0.415 e. The van der Waals surface area contributed by atoms with Crippen molar-refractivity contribution in [2.75, 3.05) is 0 Å². The van der Waals surface area contributed by atoms with Crippen molar-refractivity contribution >= 4 is 29.1 Å². The van der Waals surface area contributed by atoms with E-state index in [0.29, 0.717) is 24.3 Å². The Kier molecular flexibility index (Phi) is 5.20. The molecule has 0 aromatic heterocycles. The first-order valence-electron chi connectivity index (χ1n) is 12.1. The third-order valence-electron chi connectivity index (χ3n) is 7.32. The molecule has 0 N–H and O–H groups in total. The molecule has 4 heteroatoms. The summed E-state index contributed by atoms with van der Waals surface area (Å²) in [4.78, 5) is 0. The van der Waals surface area contributed by atoms with Crippen LogP contribution >= 0.6 is 7.60 Å². The van der Waals surface area contributed by atoms with E-state index in [1.807, 2.05) is 73.7 Å².